The maximum Gasteiger partial charge on any atom is 0.263 e. The smallest absolute Gasteiger partial charge is 0.262 e. The Morgan fingerprint density at radius 3 is 2.41 bits per heavy atom. The maximum absolute atomic E-state index is 11.9. The van der Waals surface area contributed by atoms with Gasteiger partial charge in [-0.15, -0.1) is 0 Å². The number of anilines is 1. The van der Waals surface area contributed by atoms with Gasteiger partial charge in [-0.2, -0.15) is 0 Å². The van der Waals surface area contributed by atoms with Crippen LogP contribution >= 0.6 is 11.6 Å². The van der Waals surface area contributed by atoms with Crippen LogP contribution in [-0.4, -0.2) is 18.4 Å². The van der Waals surface area contributed by atoms with Crippen molar-refractivity contribution in [2.45, 2.75) is 4.90 Å². The molecular weight excluding hydrogens is 262 g/mol. The Morgan fingerprint density at radius 1 is 1.12 bits per heavy atom. The summed E-state index contributed by atoms with van der Waals surface area (Å²) in [5, 5.41) is 0.475. The lowest BCUT2D eigenvalue weighted by molar-refractivity contribution is 0.601. The average Bonchev–Trinajstić information content (AvgIpc) is 2.30. The van der Waals surface area contributed by atoms with Crippen LogP contribution in [0.25, 0.3) is 0 Å². The highest BCUT2D eigenvalue weighted by Gasteiger charge is 2.14. The summed E-state index contributed by atoms with van der Waals surface area (Å²) < 4.78 is 26.1. The Morgan fingerprint density at radius 2 is 1.82 bits per heavy atom. The molecule has 0 aliphatic rings. The van der Waals surface area contributed by atoms with E-state index < -0.39 is 10.0 Å². The van der Waals surface area contributed by atoms with Crippen LogP contribution in [0.15, 0.2) is 47.8 Å². The molecule has 0 aliphatic carbocycles. The predicted molar refractivity (Wildman–Crippen MR) is 64.3 cm³/mol. The number of hydrogen-bond donors (Lipinski definition) is 1. The van der Waals surface area contributed by atoms with Crippen LogP contribution in [0, 0.1) is 0 Å². The first-order chi connectivity index (χ1) is 8.08. The molecule has 2 aromatic rings. The highest BCUT2D eigenvalue weighted by molar-refractivity contribution is 7.92. The van der Waals surface area contributed by atoms with Gasteiger partial charge in [-0.05, 0) is 24.3 Å². The van der Waals surface area contributed by atoms with E-state index in [1.807, 2.05) is 0 Å². The number of benzene rings is 1. The molecule has 1 N–H and O–H groups in total. The summed E-state index contributed by atoms with van der Waals surface area (Å²) in [7, 11) is -3.64. The van der Waals surface area contributed by atoms with Crippen LogP contribution in [0.4, 0.5) is 5.82 Å². The third-order valence-electron chi connectivity index (χ3n) is 1.93. The van der Waals surface area contributed by atoms with Crippen molar-refractivity contribution in [1.82, 2.24) is 9.97 Å². The van der Waals surface area contributed by atoms with Crippen molar-refractivity contribution in [2.24, 2.45) is 0 Å². The summed E-state index contributed by atoms with van der Waals surface area (Å²) in [5.41, 5.74) is 0. The van der Waals surface area contributed by atoms with Gasteiger partial charge in [0.25, 0.3) is 10.0 Å². The Kier molecular flexibility index (Phi) is 3.26. The lowest BCUT2D eigenvalue weighted by atomic mass is 10.4. The van der Waals surface area contributed by atoms with E-state index in [1.165, 1.54) is 42.9 Å². The van der Waals surface area contributed by atoms with Crippen LogP contribution in [0.3, 0.4) is 0 Å². The second-order valence-electron chi connectivity index (χ2n) is 3.15. The van der Waals surface area contributed by atoms with E-state index in [0.29, 0.717) is 5.02 Å². The predicted octanol–water partition coefficient (Wildman–Crippen LogP) is 1.93. The molecule has 0 saturated heterocycles. The fraction of sp³-hybridized carbons (Fsp3) is 0. The minimum Gasteiger partial charge on any atom is -0.262 e. The lowest BCUT2D eigenvalue weighted by Gasteiger charge is -2.06. The molecule has 0 radical (unpaired) electrons. The van der Waals surface area contributed by atoms with Crippen LogP contribution in [-0.2, 0) is 10.0 Å². The highest BCUT2D eigenvalue weighted by atomic mass is 35.5. The number of halogens is 1. The van der Waals surface area contributed by atoms with E-state index in [-0.39, 0.29) is 10.7 Å². The van der Waals surface area contributed by atoms with Crippen molar-refractivity contribution in [2.75, 3.05) is 4.72 Å². The molecule has 0 saturated carbocycles. The molecule has 7 heteroatoms. The second-order valence-corrected chi connectivity index (χ2v) is 5.27. The molecule has 0 bridgehead atoms. The van der Waals surface area contributed by atoms with Gasteiger partial charge in [-0.1, -0.05) is 11.6 Å². The number of hydrogen-bond acceptors (Lipinski definition) is 4. The van der Waals surface area contributed by atoms with Gasteiger partial charge < -0.3 is 0 Å². The first-order valence-corrected chi connectivity index (χ1v) is 6.48. The largest absolute Gasteiger partial charge is 0.263 e. The minimum atomic E-state index is -3.64. The molecule has 1 aromatic carbocycles. The average molecular weight is 270 g/mol. The molecule has 0 unspecified atom stereocenters. The molecule has 0 aliphatic heterocycles. The van der Waals surface area contributed by atoms with E-state index in [1.54, 1.807) is 0 Å². The van der Waals surface area contributed by atoms with Crippen molar-refractivity contribution in [3.8, 4) is 0 Å². The van der Waals surface area contributed by atoms with Crippen molar-refractivity contribution in [1.29, 1.82) is 0 Å². The normalized spacial score (nSPS) is 11.1. The zero-order valence-corrected chi connectivity index (χ0v) is 10.1. The van der Waals surface area contributed by atoms with Gasteiger partial charge in [0.15, 0.2) is 5.82 Å². The van der Waals surface area contributed by atoms with Crippen LogP contribution in [0.1, 0.15) is 0 Å². The van der Waals surface area contributed by atoms with Crippen LogP contribution in [0.5, 0.6) is 0 Å². The fourth-order valence-electron chi connectivity index (χ4n) is 1.16. The number of nitrogens with zero attached hydrogens (tertiary/aromatic N) is 2. The monoisotopic (exact) mass is 269 g/mol. The second kappa shape index (κ2) is 4.68. The minimum absolute atomic E-state index is 0.118. The van der Waals surface area contributed by atoms with E-state index in [4.69, 9.17) is 11.6 Å². The van der Waals surface area contributed by atoms with Gasteiger partial charge >= 0.3 is 0 Å². The number of rotatable bonds is 3. The summed E-state index contributed by atoms with van der Waals surface area (Å²) in [4.78, 5) is 7.71. The Bertz CT molecular complexity index is 599. The van der Waals surface area contributed by atoms with Gasteiger partial charge in [-0.25, -0.2) is 13.4 Å². The third-order valence-corrected chi connectivity index (χ3v) is 3.55. The number of sulfonamides is 1. The summed E-state index contributed by atoms with van der Waals surface area (Å²) in [6, 6.07) is 5.85. The Hall–Kier alpha value is -1.66. The quantitative estimate of drug-likeness (QED) is 0.924. The summed E-state index contributed by atoms with van der Waals surface area (Å²) in [6.07, 6.45) is 4.19. The molecule has 1 aromatic heterocycles. The van der Waals surface area contributed by atoms with Crippen molar-refractivity contribution < 1.29 is 8.42 Å². The van der Waals surface area contributed by atoms with Crippen LogP contribution in [0.2, 0.25) is 5.02 Å². The Labute approximate surface area is 104 Å². The molecule has 2 rings (SSSR count). The molecule has 0 fully saturated rings. The maximum atomic E-state index is 11.9. The highest BCUT2D eigenvalue weighted by Crippen LogP contribution is 2.16. The van der Waals surface area contributed by atoms with E-state index in [0.717, 1.165) is 0 Å². The van der Waals surface area contributed by atoms with E-state index in [9.17, 15) is 8.42 Å². The van der Waals surface area contributed by atoms with E-state index >= 15 is 0 Å². The SMILES string of the molecule is O=S(=O)(Nc1cnccn1)c1ccc(Cl)cc1. The molecular formula is C10H8ClN3O2S. The van der Waals surface area contributed by atoms with Gasteiger partial charge in [0.2, 0.25) is 0 Å². The summed E-state index contributed by atoms with van der Waals surface area (Å²) in [6.45, 7) is 0. The van der Waals surface area contributed by atoms with Gasteiger partial charge in [-0.3, -0.25) is 9.71 Å². The Balaban J connectivity index is 2.29. The molecule has 0 amide bonds. The molecule has 0 spiro atoms. The third kappa shape index (κ3) is 2.92. The first-order valence-electron chi connectivity index (χ1n) is 4.62. The topological polar surface area (TPSA) is 72.0 Å². The number of nitrogens with one attached hydrogen (secondary N) is 1. The number of aromatic nitrogens is 2. The van der Waals surface area contributed by atoms with Gasteiger partial charge in [0, 0.05) is 17.4 Å². The van der Waals surface area contributed by atoms with Crippen LogP contribution < -0.4 is 4.72 Å². The van der Waals surface area contributed by atoms with Crippen molar-refractivity contribution >= 4 is 27.4 Å². The standard InChI is InChI=1S/C10H8ClN3O2S/c11-8-1-3-9(4-2-8)17(15,16)14-10-7-12-5-6-13-10/h1-7H,(H,13,14). The van der Waals surface area contributed by atoms with E-state index in [2.05, 4.69) is 14.7 Å². The summed E-state index contributed by atoms with van der Waals surface area (Å²) >= 11 is 5.68. The zero-order valence-electron chi connectivity index (χ0n) is 8.54. The van der Waals surface area contributed by atoms with Crippen molar-refractivity contribution in [3.63, 3.8) is 0 Å². The zero-order chi connectivity index (χ0) is 12.3. The molecule has 88 valence electrons. The lowest BCUT2D eigenvalue weighted by Crippen LogP contribution is -2.13. The molecule has 0 atom stereocenters. The van der Waals surface area contributed by atoms with Crippen molar-refractivity contribution in [3.05, 3.63) is 47.9 Å². The molecule has 5 nitrogen and oxygen atoms in total. The van der Waals surface area contributed by atoms with Gasteiger partial charge in [0.05, 0.1) is 11.1 Å². The van der Waals surface area contributed by atoms with Gasteiger partial charge in [0.1, 0.15) is 0 Å². The first kappa shape index (κ1) is 11.8. The molecule has 1 heterocycles. The summed E-state index contributed by atoms with van der Waals surface area (Å²) in [5.74, 6) is 0.169. The molecule has 17 heavy (non-hydrogen) atoms. The fourth-order valence-corrected chi connectivity index (χ4v) is 2.28.